The third-order valence-electron chi connectivity index (χ3n) is 5.98. The van der Waals surface area contributed by atoms with Gasteiger partial charge in [0.05, 0.1) is 19.4 Å². The second-order valence-electron chi connectivity index (χ2n) is 7.64. The maximum absolute atomic E-state index is 12.9. The van der Waals surface area contributed by atoms with Crippen LogP contribution in [0.5, 0.6) is 0 Å². The van der Waals surface area contributed by atoms with Crippen LogP contribution in [0.15, 0.2) is 30.3 Å². The van der Waals surface area contributed by atoms with E-state index in [1.807, 2.05) is 35.2 Å². The fourth-order valence-corrected chi connectivity index (χ4v) is 4.52. The van der Waals surface area contributed by atoms with Gasteiger partial charge in [-0.15, -0.1) is 0 Å². The van der Waals surface area contributed by atoms with Gasteiger partial charge in [-0.2, -0.15) is 0 Å². The average molecular weight is 372 g/mol. The number of ether oxygens (including phenoxy) is 1. The Bertz CT molecular complexity index is 683. The number of esters is 1. The van der Waals surface area contributed by atoms with Crippen molar-refractivity contribution >= 4 is 17.8 Å². The Morgan fingerprint density at radius 1 is 1.15 bits per heavy atom. The third-order valence-corrected chi connectivity index (χ3v) is 5.98. The lowest BCUT2D eigenvalue weighted by Gasteiger charge is -2.37. The Kier molecular flexibility index (Phi) is 6.14. The zero-order valence-corrected chi connectivity index (χ0v) is 15.9. The highest BCUT2D eigenvalue weighted by Crippen LogP contribution is 2.47. The molecule has 1 aromatic rings. The highest BCUT2D eigenvalue weighted by molar-refractivity contribution is 5.95. The molecule has 146 valence electrons. The van der Waals surface area contributed by atoms with Crippen LogP contribution in [0.3, 0.4) is 0 Å². The molecule has 1 heterocycles. The van der Waals surface area contributed by atoms with E-state index in [1.165, 1.54) is 13.5 Å². The first-order valence-electron chi connectivity index (χ1n) is 9.74. The molecule has 27 heavy (non-hydrogen) atoms. The lowest BCUT2D eigenvalue weighted by molar-refractivity contribution is -0.140. The van der Waals surface area contributed by atoms with Crippen LogP contribution in [0.1, 0.15) is 48.9 Å². The monoisotopic (exact) mass is 372 g/mol. The van der Waals surface area contributed by atoms with Crippen LogP contribution in [-0.4, -0.2) is 49.4 Å². The fourth-order valence-electron chi connectivity index (χ4n) is 4.52. The van der Waals surface area contributed by atoms with Gasteiger partial charge in [0.1, 0.15) is 0 Å². The molecular formula is C21H28N2O4. The van der Waals surface area contributed by atoms with Crippen LogP contribution >= 0.6 is 0 Å². The molecule has 3 rings (SSSR count). The molecule has 2 aliphatic rings. The van der Waals surface area contributed by atoms with E-state index >= 15 is 0 Å². The van der Waals surface area contributed by atoms with Crippen molar-refractivity contribution in [3.63, 3.8) is 0 Å². The van der Waals surface area contributed by atoms with Crippen LogP contribution in [0.2, 0.25) is 0 Å². The van der Waals surface area contributed by atoms with Gasteiger partial charge in [-0.1, -0.05) is 37.5 Å². The normalized spacial score (nSPS) is 21.1. The maximum atomic E-state index is 12.9. The van der Waals surface area contributed by atoms with Crippen molar-refractivity contribution in [2.75, 3.05) is 26.7 Å². The van der Waals surface area contributed by atoms with Gasteiger partial charge in [0.25, 0.3) is 5.91 Å². The van der Waals surface area contributed by atoms with Crippen LogP contribution in [0, 0.1) is 11.3 Å². The van der Waals surface area contributed by atoms with E-state index < -0.39 is 0 Å². The molecule has 1 saturated heterocycles. The molecule has 1 saturated carbocycles. The van der Waals surface area contributed by atoms with E-state index in [0.717, 1.165) is 25.7 Å². The molecule has 1 aliphatic carbocycles. The number of rotatable bonds is 5. The van der Waals surface area contributed by atoms with Crippen molar-refractivity contribution in [2.45, 2.75) is 38.5 Å². The summed E-state index contributed by atoms with van der Waals surface area (Å²) in [4.78, 5) is 38.9. The minimum Gasteiger partial charge on any atom is -0.469 e. The van der Waals surface area contributed by atoms with Crippen molar-refractivity contribution in [3.8, 4) is 0 Å². The van der Waals surface area contributed by atoms with Crippen LogP contribution < -0.4 is 5.32 Å². The van der Waals surface area contributed by atoms with E-state index in [1.54, 1.807) is 0 Å². The summed E-state index contributed by atoms with van der Waals surface area (Å²) in [5, 5.41) is 2.88. The Morgan fingerprint density at radius 2 is 1.85 bits per heavy atom. The van der Waals surface area contributed by atoms with E-state index in [0.29, 0.717) is 18.7 Å². The van der Waals surface area contributed by atoms with Gasteiger partial charge in [0.15, 0.2) is 0 Å². The molecule has 0 bridgehead atoms. The smallest absolute Gasteiger partial charge is 0.307 e. The molecule has 1 aliphatic heterocycles. The zero-order chi connectivity index (χ0) is 19.3. The summed E-state index contributed by atoms with van der Waals surface area (Å²) in [6, 6.07) is 9.24. The maximum Gasteiger partial charge on any atom is 0.307 e. The summed E-state index contributed by atoms with van der Waals surface area (Å²) in [5.41, 5.74) is 0.521. The minimum atomic E-state index is -0.338. The number of amides is 2. The van der Waals surface area contributed by atoms with Gasteiger partial charge in [-0.25, -0.2) is 0 Å². The topological polar surface area (TPSA) is 75.7 Å². The molecule has 1 aromatic carbocycles. The molecule has 6 nitrogen and oxygen atoms in total. The number of hydrogen-bond acceptors (Lipinski definition) is 4. The van der Waals surface area contributed by atoms with Gasteiger partial charge in [0.2, 0.25) is 5.91 Å². The molecule has 6 heteroatoms. The van der Waals surface area contributed by atoms with Crippen LogP contribution in [0.4, 0.5) is 0 Å². The molecule has 0 aromatic heterocycles. The summed E-state index contributed by atoms with van der Waals surface area (Å²) < 4.78 is 4.62. The van der Waals surface area contributed by atoms with E-state index in [4.69, 9.17) is 0 Å². The van der Waals surface area contributed by atoms with Crippen molar-refractivity contribution < 1.29 is 19.1 Å². The predicted octanol–water partition coefficient (Wildman–Crippen LogP) is 2.39. The molecule has 1 unspecified atom stereocenters. The highest BCUT2D eigenvalue weighted by Gasteiger charge is 2.51. The predicted molar refractivity (Wildman–Crippen MR) is 101 cm³/mol. The second kappa shape index (κ2) is 8.55. The largest absolute Gasteiger partial charge is 0.469 e. The number of hydrogen-bond donors (Lipinski definition) is 1. The summed E-state index contributed by atoms with van der Waals surface area (Å²) in [6.45, 7) is 1.35. The number of nitrogens with one attached hydrogen (secondary N) is 1. The van der Waals surface area contributed by atoms with Crippen molar-refractivity contribution in [1.29, 1.82) is 0 Å². The molecule has 1 atom stereocenters. The first-order valence-corrected chi connectivity index (χ1v) is 9.74. The number of carbonyl (C=O) groups is 3. The van der Waals surface area contributed by atoms with E-state index in [-0.39, 0.29) is 42.1 Å². The number of likely N-dealkylation sites (tertiary alicyclic amines) is 1. The minimum absolute atomic E-state index is 0.00888. The first kappa shape index (κ1) is 19.4. The quantitative estimate of drug-likeness (QED) is 0.805. The third kappa shape index (κ3) is 4.31. The Balaban J connectivity index is 1.71. The van der Waals surface area contributed by atoms with Gasteiger partial charge in [0, 0.05) is 30.6 Å². The molecular weight excluding hydrogens is 344 g/mol. The van der Waals surface area contributed by atoms with Gasteiger partial charge in [-0.05, 0) is 25.0 Å². The number of benzene rings is 1. The zero-order valence-electron chi connectivity index (χ0n) is 15.9. The van der Waals surface area contributed by atoms with Crippen molar-refractivity contribution in [3.05, 3.63) is 35.9 Å². The molecule has 1 N–H and O–H groups in total. The lowest BCUT2D eigenvalue weighted by Crippen LogP contribution is -2.43. The summed E-state index contributed by atoms with van der Waals surface area (Å²) in [5.74, 6) is -0.618. The van der Waals surface area contributed by atoms with Crippen LogP contribution in [0.25, 0.3) is 0 Å². The van der Waals surface area contributed by atoms with Gasteiger partial charge >= 0.3 is 5.97 Å². The summed E-state index contributed by atoms with van der Waals surface area (Å²) >= 11 is 0. The average Bonchev–Trinajstić information content (AvgIpc) is 3.07. The van der Waals surface area contributed by atoms with Gasteiger partial charge in [-0.3, -0.25) is 14.4 Å². The number of carbonyl (C=O) groups excluding carboxylic acids is 3. The highest BCUT2D eigenvalue weighted by atomic mass is 16.5. The second-order valence-corrected chi connectivity index (χ2v) is 7.64. The lowest BCUT2D eigenvalue weighted by atomic mass is 9.67. The van der Waals surface area contributed by atoms with Gasteiger partial charge < -0.3 is 15.0 Å². The Labute approximate surface area is 160 Å². The van der Waals surface area contributed by atoms with Crippen molar-refractivity contribution in [2.24, 2.45) is 11.3 Å². The first-order chi connectivity index (χ1) is 13.1. The number of methoxy groups -OCH3 is 1. The van der Waals surface area contributed by atoms with E-state index in [2.05, 4.69) is 10.1 Å². The standard InChI is InChI=1S/C21H28N2O4/c1-27-18(24)10-13-22-19(25)17-14-23(15-21(17)11-6-3-7-12-21)20(26)16-8-4-2-5-9-16/h2,4-5,8-9,17H,3,6-7,10-15H2,1H3,(H,22,25). The molecule has 0 radical (unpaired) electrons. The molecule has 2 fully saturated rings. The Morgan fingerprint density at radius 3 is 2.52 bits per heavy atom. The summed E-state index contributed by atoms with van der Waals surface area (Å²) in [7, 11) is 1.34. The fraction of sp³-hybridized carbons (Fsp3) is 0.571. The Hall–Kier alpha value is -2.37. The molecule has 1 spiro atoms. The molecule has 2 amide bonds. The van der Waals surface area contributed by atoms with Crippen molar-refractivity contribution in [1.82, 2.24) is 10.2 Å². The number of nitrogens with zero attached hydrogens (tertiary/aromatic N) is 1. The summed E-state index contributed by atoms with van der Waals surface area (Å²) in [6.07, 6.45) is 5.49. The van der Waals surface area contributed by atoms with E-state index in [9.17, 15) is 14.4 Å². The SMILES string of the molecule is COC(=O)CCNC(=O)C1CN(C(=O)c2ccccc2)CC12CCCCC2. The van der Waals surface area contributed by atoms with Crippen LogP contribution in [-0.2, 0) is 14.3 Å².